The molecule has 0 aliphatic heterocycles. The average Bonchev–Trinajstić information content (AvgIpc) is 2.66. The largest absolute Gasteiger partial charge is 0.326 e. The number of carbonyl (C=O) groups is 3. The van der Waals surface area contributed by atoms with E-state index in [0.29, 0.717) is 35.8 Å². The summed E-state index contributed by atoms with van der Waals surface area (Å²) in [6.07, 6.45) is 4.60. The molecule has 0 heterocycles. The van der Waals surface area contributed by atoms with Crippen molar-refractivity contribution >= 4 is 34.8 Å². The lowest BCUT2D eigenvalue weighted by molar-refractivity contribution is -0.121. The maximum Gasteiger partial charge on any atom is 0.227 e. The monoisotopic (exact) mass is 401 g/mol. The zero-order chi connectivity index (χ0) is 21.6. The molecule has 1 fully saturated rings. The molecule has 0 saturated heterocycles. The third-order valence-corrected chi connectivity index (χ3v) is 5.73. The molecule has 1 saturated carbocycles. The quantitative estimate of drug-likeness (QED) is 0.614. The van der Waals surface area contributed by atoms with Gasteiger partial charge in [0.05, 0.1) is 0 Å². The van der Waals surface area contributed by atoms with Crippen molar-refractivity contribution in [3.63, 3.8) is 0 Å². The normalized spacial score (nSPS) is 19.3. The Balaban J connectivity index is 2.10. The lowest BCUT2D eigenvalue weighted by atomic mass is 9.69. The van der Waals surface area contributed by atoms with Crippen LogP contribution < -0.4 is 16.0 Å². The van der Waals surface area contributed by atoms with Gasteiger partial charge in [-0.15, -0.1) is 0 Å². The molecule has 3 amide bonds. The van der Waals surface area contributed by atoms with Crippen molar-refractivity contribution in [2.45, 2.75) is 73.1 Å². The molecule has 2 rings (SSSR count). The van der Waals surface area contributed by atoms with E-state index in [1.165, 1.54) is 0 Å². The van der Waals surface area contributed by atoms with Crippen molar-refractivity contribution in [3.05, 3.63) is 18.2 Å². The van der Waals surface area contributed by atoms with Crippen LogP contribution in [0, 0.1) is 17.3 Å². The van der Waals surface area contributed by atoms with Crippen LogP contribution >= 0.6 is 0 Å². The van der Waals surface area contributed by atoms with Gasteiger partial charge in [0.1, 0.15) is 0 Å². The van der Waals surface area contributed by atoms with Crippen LogP contribution in [0.1, 0.15) is 73.1 Å². The molecule has 0 bridgehead atoms. The zero-order valence-corrected chi connectivity index (χ0v) is 18.4. The van der Waals surface area contributed by atoms with Crippen molar-refractivity contribution in [2.75, 3.05) is 16.0 Å². The van der Waals surface area contributed by atoms with Gasteiger partial charge in [-0.05, 0) is 55.2 Å². The Labute approximate surface area is 174 Å². The molecule has 1 aliphatic carbocycles. The van der Waals surface area contributed by atoms with Crippen molar-refractivity contribution < 1.29 is 14.4 Å². The van der Waals surface area contributed by atoms with Crippen LogP contribution in [-0.4, -0.2) is 17.7 Å². The maximum atomic E-state index is 12.8. The van der Waals surface area contributed by atoms with Crippen LogP contribution in [0.15, 0.2) is 18.2 Å². The summed E-state index contributed by atoms with van der Waals surface area (Å²) >= 11 is 0. The second-order valence-corrected chi connectivity index (χ2v) is 9.01. The first-order valence-electron chi connectivity index (χ1n) is 10.7. The average molecular weight is 402 g/mol. The SMILES string of the molecule is CCC(=O)Nc1cc(NC(=O)CC)cc(NC(=O)[C@H]2CC[C@@H](C(C)(C)C)CC2)c1. The molecular weight excluding hydrogens is 366 g/mol. The molecule has 6 nitrogen and oxygen atoms in total. The Kier molecular flexibility index (Phi) is 7.82. The Morgan fingerprint density at radius 3 is 1.59 bits per heavy atom. The number of hydrogen-bond donors (Lipinski definition) is 3. The van der Waals surface area contributed by atoms with Crippen LogP contribution in [0.3, 0.4) is 0 Å². The second-order valence-electron chi connectivity index (χ2n) is 9.01. The second kappa shape index (κ2) is 9.90. The summed E-state index contributed by atoms with van der Waals surface area (Å²) < 4.78 is 0. The fourth-order valence-electron chi connectivity index (χ4n) is 3.81. The molecule has 0 radical (unpaired) electrons. The highest BCUT2D eigenvalue weighted by Crippen LogP contribution is 2.40. The van der Waals surface area contributed by atoms with E-state index in [1.807, 2.05) is 0 Å². The Hall–Kier alpha value is -2.37. The fourth-order valence-corrected chi connectivity index (χ4v) is 3.81. The van der Waals surface area contributed by atoms with Crippen LogP contribution in [0.4, 0.5) is 17.1 Å². The number of carbonyl (C=O) groups excluding carboxylic acids is 3. The lowest BCUT2D eigenvalue weighted by Crippen LogP contribution is -2.31. The van der Waals surface area contributed by atoms with E-state index in [9.17, 15) is 14.4 Å². The third kappa shape index (κ3) is 6.87. The fraction of sp³-hybridized carbons (Fsp3) is 0.609. The summed E-state index contributed by atoms with van der Waals surface area (Å²) in [5, 5.41) is 8.58. The topological polar surface area (TPSA) is 87.3 Å². The van der Waals surface area contributed by atoms with E-state index < -0.39 is 0 Å². The van der Waals surface area contributed by atoms with E-state index >= 15 is 0 Å². The Bertz CT molecular complexity index is 708. The first-order chi connectivity index (χ1) is 13.6. The number of rotatable bonds is 6. The third-order valence-electron chi connectivity index (χ3n) is 5.73. The molecule has 1 aliphatic rings. The highest BCUT2D eigenvalue weighted by molar-refractivity contribution is 5.98. The molecule has 1 aromatic carbocycles. The Morgan fingerprint density at radius 1 is 0.793 bits per heavy atom. The van der Waals surface area contributed by atoms with Gasteiger partial charge in [-0.25, -0.2) is 0 Å². The van der Waals surface area contributed by atoms with Gasteiger partial charge in [0.2, 0.25) is 17.7 Å². The number of anilines is 3. The zero-order valence-electron chi connectivity index (χ0n) is 18.4. The minimum absolute atomic E-state index is 0.00354. The molecule has 160 valence electrons. The summed E-state index contributed by atoms with van der Waals surface area (Å²) in [4.78, 5) is 36.4. The summed E-state index contributed by atoms with van der Waals surface area (Å²) in [6.45, 7) is 10.3. The van der Waals surface area contributed by atoms with E-state index in [-0.39, 0.29) is 29.1 Å². The number of nitrogens with one attached hydrogen (secondary N) is 3. The molecule has 1 aromatic rings. The highest BCUT2D eigenvalue weighted by atomic mass is 16.2. The molecule has 29 heavy (non-hydrogen) atoms. The van der Waals surface area contributed by atoms with Gasteiger partial charge in [0, 0.05) is 35.8 Å². The first kappa shape index (κ1) is 22.9. The number of benzene rings is 1. The molecule has 0 aromatic heterocycles. The maximum absolute atomic E-state index is 12.8. The molecule has 0 unspecified atom stereocenters. The van der Waals surface area contributed by atoms with E-state index in [0.717, 1.165) is 25.7 Å². The highest BCUT2D eigenvalue weighted by Gasteiger charge is 2.32. The Morgan fingerprint density at radius 2 is 1.21 bits per heavy atom. The van der Waals surface area contributed by atoms with E-state index in [2.05, 4.69) is 36.7 Å². The summed E-state index contributed by atoms with van der Waals surface area (Å²) in [6, 6.07) is 5.16. The number of hydrogen-bond acceptors (Lipinski definition) is 3. The van der Waals surface area contributed by atoms with Gasteiger partial charge in [-0.3, -0.25) is 14.4 Å². The minimum atomic E-state index is -0.123. The van der Waals surface area contributed by atoms with Crippen molar-refractivity contribution in [3.8, 4) is 0 Å². The summed E-state index contributed by atoms with van der Waals surface area (Å²) in [7, 11) is 0. The van der Waals surface area contributed by atoms with Crippen LogP contribution in [0.25, 0.3) is 0 Å². The summed E-state index contributed by atoms with van der Waals surface area (Å²) in [5.41, 5.74) is 1.96. The smallest absolute Gasteiger partial charge is 0.227 e. The van der Waals surface area contributed by atoms with Crippen molar-refractivity contribution in [2.24, 2.45) is 17.3 Å². The molecule has 0 atom stereocenters. The van der Waals surface area contributed by atoms with Gasteiger partial charge >= 0.3 is 0 Å². The molecule has 0 spiro atoms. The van der Waals surface area contributed by atoms with Crippen LogP contribution in [0.5, 0.6) is 0 Å². The van der Waals surface area contributed by atoms with Gasteiger partial charge in [-0.1, -0.05) is 34.6 Å². The van der Waals surface area contributed by atoms with Gasteiger partial charge in [0.25, 0.3) is 0 Å². The number of amides is 3. The minimum Gasteiger partial charge on any atom is -0.326 e. The summed E-state index contributed by atoms with van der Waals surface area (Å²) in [5.74, 6) is 0.402. The standard InChI is InChI=1S/C23H35N3O3/c1-6-20(27)24-17-12-18(25-21(28)7-2)14-19(13-17)26-22(29)15-8-10-16(11-9-15)23(3,4)5/h12-16H,6-11H2,1-5H3,(H,24,27)(H,25,28)(H,26,29)/t15-,16+. The van der Waals surface area contributed by atoms with Gasteiger partial charge in [-0.2, -0.15) is 0 Å². The predicted molar refractivity (Wildman–Crippen MR) is 118 cm³/mol. The van der Waals surface area contributed by atoms with Crippen LogP contribution in [-0.2, 0) is 14.4 Å². The first-order valence-corrected chi connectivity index (χ1v) is 10.7. The van der Waals surface area contributed by atoms with Gasteiger partial charge in [0.15, 0.2) is 0 Å². The van der Waals surface area contributed by atoms with E-state index in [4.69, 9.17) is 0 Å². The molecule has 3 N–H and O–H groups in total. The predicted octanol–water partition coefficient (Wildman–Crippen LogP) is 5.17. The van der Waals surface area contributed by atoms with Crippen LogP contribution in [0.2, 0.25) is 0 Å². The van der Waals surface area contributed by atoms with Gasteiger partial charge < -0.3 is 16.0 Å². The lowest BCUT2D eigenvalue weighted by Gasteiger charge is -2.36. The van der Waals surface area contributed by atoms with Crippen molar-refractivity contribution in [1.29, 1.82) is 0 Å². The molecule has 6 heteroatoms. The molecular formula is C23H35N3O3. The van der Waals surface area contributed by atoms with E-state index in [1.54, 1.807) is 32.0 Å². The van der Waals surface area contributed by atoms with Crippen molar-refractivity contribution in [1.82, 2.24) is 0 Å².